The third-order valence-electron chi connectivity index (χ3n) is 2.78. The molecule has 102 valence electrons. The van der Waals surface area contributed by atoms with Crippen LogP contribution in [0.25, 0.3) is 0 Å². The van der Waals surface area contributed by atoms with Gasteiger partial charge in [-0.2, -0.15) is 0 Å². The number of benzene rings is 1. The molecule has 0 bridgehead atoms. The summed E-state index contributed by atoms with van der Waals surface area (Å²) in [5.41, 5.74) is 7.53. The minimum Gasteiger partial charge on any atom is -0.326 e. The fraction of sp³-hybridized carbons (Fsp3) is 0.538. The Bertz CT molecular complexity index is 470. The molecule has 0 aromatic heterocycles. The summed E-state index contributed by atoms with van der Waals surface area (Å²) in [4.78, 5) is 0. The van der Waals surface area contributed by atoms with Crippen LogP contribution in [0.4, 0.5) is 0 Å². The first-order valence-corrected chi connectivity index (χ1v) is 7.84. The topological polar surface area (TPSA) is 72.2 Å². The molecule has 0 saturated carbocycles. The van der Waals surface area contributed by atoms with Crippen LogP contribution in [-0.4, -0.2) is 14.2 Å². The SMILES string of the molecule is CC(C)CCS(=O)(=O)NCc1ccccc1CN. The van der Waals surface area contributed by atoms with Crippen molar-refractivity contribution in [3.05, 3.63) is 35.4 Å². The maximum atomic E-state index is 11.8. The van der Waals surface area contributed by atoms with Gasteiger partial charge in [-0.05, 0) is 23.5 Å². The fourth-order valence-corrected chi connectivity index (χ4v) is 2.88. The van der Waals surface area contributed by atoms with Gasteiger partial charge in [0, 0.05) is 13.1 Å². The van der Waals surface area contributed by atoms with Crippen molar-refractivity contribution in [2.45, 2.75) is 33.4 Å². The van der Waals surface area contributed by atoms with Gasteiger partial charge in [0.25, 0.3) is 0 Å². The summed E-state index contributed by atoms with van der Waals surface area (Å²) >= 11 is 0. The zero-order valence-corrected chi connectivity index (χ0v) is 11.8. The molecular weight excluding hydrogens is 248 g/mol. The lowest BCUT2D eigenvalue weighted by Gasteiger charge is -2.10. The molecule has 0 amide bonds. The Labute approximate surface area is 110 Å². The zero-order chi connectivity index (χ0) is 13.6. The van der Waals surface area contributed by atoms with Crippen molar-refractivity contribution in [3.63, 3.8) is 0 Å². The summed E-state index contributed by atoms with van der Waals surface area (Å²) in [6.07, 6.45) is 0.674. The molecule has 1 aromatic rings. The molecule has 0 unspecified atom stereocenters. The summed E-state index contributed by atoms with van der Waals surface area (Å²) < 4.78 is 26.2. The number of nitrogens with one attached hydrogen (secondary N) is 1. The maximum absolute atomic E-state index is 11.8. The summed E-state index contributed by atoms with van der Waals surface area (Å²) in [5, 5.41) is 0. The average Bonchev–Trinajstić information content (AvgIpc) is 2.34. The summed E-state index contributed by atoms with van der Waals surface area (Å²) in [6, 6.07) is 7.60. The Hall–Kier alpha value is -0.910. The quantitative estimate of drug-likeness (QED) is 0.790. The molecule has 0 atom stereocenters. The van der Waals surface area contributed by atoms with Crippen LogP contribution in [0, 0.1) is 5.92 Å². The predicted molar refractivity (Wildman–Crippen MR) is 74.4 cm³/mol. The van der Waals surface area contributed by atoms with Crippen LogP contribution in [0.1, 0.15) is 31.4 Å². The van der Waals surface area contributed by atoms with Crippen molar-refractivity contribution >= 4 is 10.0 Å². The van der Waals surface area contributed by atoms with Gasteiger partial charge in [-0.25, -0.2) is 13.1 Å². The standard InChI is InChI=1S/C13H22N2O2S/c1-11(2)7-8-18(16,17)15-10-13-6-4-3-5-12(13)9-14/h3-6,11,15H,7-10,14H2,1-2H3. The highest BCUT2D eigenvalue weighted by Crippen LogP contribution is 2.08. The molecule has 5 heteroatoms. The normalized spacial score (nSPS) is 12.0. The van der Waals surface area contributed by atoms with Crippen molar-refractivity contribution in [2.24, 2.45) is 11.7 Å². The van der Waals surface area contributed by atoms with Crippen molar-refractivity contribution in [2.75, 3.05) is 5.75 Å². The lowest BCUT2D eigenvalue weighted by atomic mass is 10.1. The Balaban J connectivity index is 2.59. The van der Waals surface area contributed by atoms with Crippen LogP contribution in [0.3, 0.4) is 0 Å². The average molecular weight is 270 g/mol. The molecule has 0 spiro atoms. The molecule has 0 aliphatic heterocycles. The van der Waals surface area contributed by atoms with Gasteiger partial charge in [0.15, 0.2) is 0 Å². The van der Waals surface area contributed by atoms with Crippen LogP contribution in [0.2, 0.25) is 0 Å². The predicted octanol–water partition coefficient (Wildman–Crippen LogP) is 1.61. The first-order chi connectivity index (χ1) is 8.44. The van der Waals surface area contributed by atoms with Crippen molar-refractivity contribution in [1.29, 1.82) is 0 Å². The molecule has 3 N–H and O–H groups in total. The number of rotatable bonds is 7. The van der Waals surface area contributed by atoms with E-state index in [2.05, 4.69) is 4.72 Å². The molecule has 0 heterocycles. The summed E-state index contributed by atoms with van der Waals surface area (Å²) in [6.45, 7) is 4.76. The van der Waals surface area contributed by atoms with Crippen molar-refractivity contribution in [3.8, 4) is 0 Å². The highest BCUT2D eigenvalue weighted by molar-refractivity contribution is 7.89. The molecule has 0 fully saturated rings. The number of hydrogen-bond acceptors (Lipinski definition) is 3. The number of hydrogen-bond donors (Lipinski definition) is 2. The molecule has 0 aliphatic carbocycles. The van der Waals surface area contributed by atoms with E-state index in [9.17, 15) is 8.42 Å². The van der Waals surface area contributed by atoms with Gasteiger partial charge in [0.2, 0.25) is 10.0 Å². The minimum atomic E-state index is -3.19. The van der Waals surface area contributed by atoms with E-state index < -0.39 is 10.0 Å². The van der Waals surface area contributed by atoms with E-state index in [0.717, 1.165) is 11.1 Å². The van der Waals surface area contributed by atoms with Gasteiger partial charge in [0.1, 0.15) is 0 Å². The number of sulfonamides is 1. The van der Waals surface area contributed by atoms with E-state index in [1.807, 2.05) is 38.1 Å². The van der Waals surface area contributed by atoms with E-state index in [4.69, 9.17) is 5.73 Å². The van der Waals surface area contributed by atoms with Crippen LogP contribution in [0.5, 0.6) is 0 Å². The van der Waals surface area contributed by atoms with Gasteiger partial charge in [-0.3, -0.25) is 0 Å². The third-order valence-corrected chi connectivity index (χ3v) is 4.14. The van der Waals surface area contributed by atoms with E-state index in [1.165, 1.54) is 0 Å². The number of nitrogens with two attached hydrogens (primary N) is 1. The Kier molecular flexibility index (Phi) is 5.78. The second-order valence-corrected chi connectivity index (χ2v) is 6.72. The van der Waals surface area contributed by atoms with E-state index in [0.29, 0.717) is 25.4 Å². The highest BCUT2D eigenvalue weighted by atomic mass is 32.2. The third kappa shape index (κ3) is 5.16. The maximum Gasteiger partial charge on any atom is 0.211 e. The lowest BCUT2D eigenvalue weighted by Crippen LogP contribution is -2.27. The zero-order valence-electron chi connectivity index (χ0n) is 11.0. The summed E-state index contributed by atoms with van der Waals surface area (Å²) in [5.74, 6) is 0.563. The molecule has 18 heavy (non-hydrogen) atoms. The highest BCUT2D eigenvalue weighted by Gasteiger charge is 2.11. The molecule has 0 saturated heterocycles. The first-order valence-electron chi connectivity index (χ1n) is 6.19. The van der Waals surface area contributed by atoms with Crippen LogP contribution < -0.4 is 10.5 Å². The molecular formula is C13H22N2O2S. The van der Waals surface area contributed by atoms with Gasteiger partial charge in [-0.1, -0.05) is 38.1 Å². The van der Waals surface area contributed by atoms with Crippen LogP contribution >= 0.6 is 0 Å². The van der Waals surface area contributed by atoms with Gasteiger partial charge < -0.3 is 5.73 Å². The second kappa shape index (κ2) is 6.87. The smallest absolute Gasteiger partial charge is 0.211 e. The van der Waals surface area contributed by atoms with Gasteiger partial charge >= 0.3 is 0 Å². The van der Waals surface area contributed by atoms with Crippen LogP contribution in [0.15, 0.2) is 24.3 Å². The Morgan fingerprint density at radius 2 is 1.83 bits per heavy atom. The van der Waals surface area contributed by atoms with E-state index in [1.54, 1.807) is 0 Å². The monoisotopic (exact) mass is 270 g/mol. The van der Waals surface area contributed by atoms with Crippen molar-refractivity contribution in [1.82, 2.24) is 4.72 Å². The molecule has 4 nitrogen and oxygen atoms in total. The fourth-order valence-electron chi connectivity index (χ4n) is 1.58. The molecule has 0 aliphatic rings. The summed E-state index contributed by atoms with van der Waals surface area (Å²) in [7, 11) is -3.19. The van der Waals surface area contributed by atoms with Gasteiger partial charge in [0.05, 0.1) is 5.75 Å². The lowest BCUT2D eigenvalue weighted by molar-refractivity contribution is 0.561. The Morgan fingerprint density at radius 3 is 2.39 bits per heavy atom. The van der Waals surface area contributed by atoms with Crippen molar-refractivity contribution < 1.29 is 8.42 Å². The Morgan fingerprint density at radius 1 is 1.22 bits per heavy atom. The van der Waals surface area contributed by atoms with Gasteiger partial charge in [-0.15, -0.1) is 0 Å². The first kappa shape index (κ1) is 15.1. The molecule has 1 rings (SSSR count). The van der Waals surface area contributed by atoms with E-state index in [-0.39, 0.29) is 5.75 Å². The molecule has 1 aromatic carbocycles. The largest absolute Gasteiger partial charge is 0.326 e. The van der Waals surface area contributed by atoms with E-state index >= 15 is 0 Å². The second-order valence-electron chi connectivity index (χ2n) is 4.80. The van der Waals surface area contributed by atoms with Crippen LogP contribution in [-0.2, 0) is 23.1 Å². The minimum absolute atomic E-state index is 0.176. The molecule has 0 radical (unpaired) electrons.